The Bertz CT molecular complexity index is 705. The molecule has 2 rings (SSSR count). The van der Waals surface area contributed by atoms with Crippen molar-refractivity contribution in [2.75, 3.05) is 28.4 Å². The largest absolute Gasteiger partial charge is 0.496 e. The van der Waals surface area contributed by atoms with E-state index in [2.05, 4.69) is 20.6 Å². The van der Waals surface area contributed by atoms with Crippen LogP contribution in [0.1, 0.15) is 15.4 Å². The Kier molecular flexibility index (Phi) is 6.88. The summed E-state index contributed by atoms with van der Waals surface area (Å²) in [5, 5.41) is 7.53. The van der Waals surface area contributed by atoms with Gasteiger partial charge in [-0.2, -0.15) is 0 Å². The van der Waals surface area contributed by atoms with Gasteiger partial charge < -0.3 is 24.8 Å². The van der Waals surface area contributed by atoms with Crippen molar-refractivity contribution in [3.63, 3.8) is 0 Å². The Morgan fingerprint density at radius 1 is 1.08 bits per heavy atom. The van der Waals surface area contributed by atoms with Crippen LogP contribution in [-0.4, -0.2) is 39.3 Å². The van der Waals surface area contributed by atoms with Crippen LogP contribution < -0.4 is 24.8 Å². The molecule has 25 heavy (non-hydrogen) atoms. The molecule has 0 fully saturated rings. The maximum absolute atomic E-state index is 5.46. The number of thiazole rings is 1. The van der Waals surface area contributed by atoms with Gasteiger partial charge in [0.05, 0.1) is 40.0 Å². The maximum Gasteiger partial charge on any atom is 0.191 e. The van der Waals surface area contributed by atoms with Crippen molar-refractivity contribution in [1.82, 2.24) is 15.6 Å². The lowest BCUT2D eigenvalue weighted by Gasteiger charge is -2.17. The average molecular weight is 364 g/mol. The zero-order chi connectivity index (χ0) is 18.2. The molecular weight excluding hydrogens is 340 g/mol. The number of hydrogen-bond donors (Lipinski definition) is 2. The molecule has 1 aromatic carbocycles. The third-order valence-electron chi connectivity index (χ3n) is 3.55. The normalized spacial score (nSPS) is 11.2. The quantitative estimate of drug-likeness (QED) is 0.580. The molecule has 0 aliphatic rings. The lowest BCUT2D eigenvalue weighted by atomic mass is 10.1. The minimum absolute atomic E-state index is 0.493. The number of aromatic nitrogens is 1. The van der Waals surface area contributed by atoms with Gasteiger partial charge in [0.2, 0.25) is 0 Å². The fourth-order valence-corrected chi connectivity index (χ4v) is 3.01. The van der Waals surface area contributed by atoms with E-state index >= 15 is 0 Å². The van der Waals surface area contributed by atoms with E-state index in [1.165, 1.54) is 4.88 Å². The van der Waals surface area contributed by atoms with Gasteiger partial charge in [0.1, 0.15) is 22.3 Å². The second-order valence-electron chi connectivity index (χ2n) is 5.15. The van der Waals surface area contributed by atoms with Crippen LogP contribution in [0.5, 0.6) is 17.2 Å². The van der Waals surface area contributed by atoms with Gasteiger partial charge in [-0.05, 0) is 6.92 Å². The Labute approximate surface area is 152 Å². The minimum atomic E-state index is 0.493. The van der Waals surface area contributed by atoms with Crippen LogP contribution >= 0.6 is 11.3 Å². The number of nitrogens with zero attached hydrogens (tertiary/aromatic N) is 2. The molecule has 0 amide bonds. The molecule has 7 nitrogen and oxygen atoms in total. The molecule has 1 heterocycles. The Balaban J connectivity index is 2.05. The van der Waals surface area contributed by atoms with E-state index in [4.69, 9.17) is 14.2 Å². The predicted molar refractivity (Wildman–Crippen MR) is 100.0 cm³/mol. The molecule has 0 bridgehead atoms. The van der Waals surface area contributed by atoms with Gasteiger partial charge in [0.15, 0.2) is 5.96 Å². The summed E-state index contributed by atoms with van der Waals surface area (Å²) >= 11 is 1.66. The summed E-state index contributed by atoms with van der Waals surface area (Å²) in [7, 11) is 6.58. The topological polar surface area (TPSA) is 77.0 Å². The van der Waals surface area contributed by atoms with Crippen LogP contribution in [0.3, 0.4) is 0 Å². The van der Waals surface area contributed by atoms with Gasteiger partial charge in [-0.15, -0.1) is 11.3 Å². The first-order valence-electron chi connectivity index (χ1n) is 7.76. The highest BCUT2D eigenvalue weighted by atomic mass is 32.1. The van der Waals surface area contributed by atoms with Gasteiger partial charge >= 0.3 is 0 Å². The van der Waals surface area contributed by atoms with Gasteiger partial charge in [-0.3, -0.25) is 4.99 Å². The zero-order valence-corrected chi connectivity index (χ0v) is 16.0. The van der Waals surface area contributed by atoms with Crippen LogP contribution in [0.15, 0.2) is 23.3 Å². The molecule has 0 radical (unpaired) electrons. The van der Waals surface area contributed by atoms with Crippen molar-refractivity contribution >= 4 is 17.3 Å². The first kappa shape index (κ1) is 18.9. The SMILES string of the molecule is CN=C(NCc1ncc(C)s1)NCc1c(OC)cc(OC)cc1OC. The van der Waals surface area contributed by atoms with Crippen molar-refractivity contribution in [2.45, 2.75) is 20.0 Å². The highest BCUT2D eigenvalue weighted by Crippen LogP contribution is 2.33. The highest BCUT2D eigenvalue weighted by Gasteiger charge is 2.14. The summed E-state index contributed by atoms with van der Waals surface area (Å²) in [5.74, 6) is 2.73. The Hall–Kier alpha value is -2.48. The second-order valence-corrected chi connectivity index (χ2v) is 6.47. The molecule has 0 atom stereocenters. The van der Waals surface area contributed by atoms with E-state index in [-0.39, 0.29) is 0 Å². The average Bonchev–Trinajstić information content (AvgIpc) is 3.06. The van der Waals surface area contributed by atoms with Crippen LogP contribution in [0, 0.1) is 6.92 Å². The number of benzene rings is 1. The number of methoxy groups -OCH3 is 3. The summed E-state index contributed by atoms with van der Waals surface area (Å²) < 4.78 is 16.2. The number of nitrogens with one attached hydrogen (secondary N) is 2. The molecule has 136 valence electrons. The third kappa shape index (κ3) is 4.99. The molecule has 0 aliphatic heterocycles. The molecular formula is C17H24N4O3S. The summed E-state index contributed by atoms with van der Waals surface area (Å²) in [6.07, 6.45) is 1.87. The molecule has 2 N–H and O–H groups in total. The smallest absolute Gasteiger partial charge is 0.191 e. The van der Waals surface area contributed by atoms with E-state index in [1.54, 1.807) is 39.7 Å². The molecule has 0 spiro atoms. The molecule has 2 aromatic rings. The first-order chi connectivity index (χ1) is 12.1. The van der Waals surface area contributed by atoms with Crippen molar-refractivity contribution in [3.8, 4) is 17.2 Å². The van der Waals surface area contributed by atoms with E-state index < -0.39 is 0 Å². The Morgan fingerprint density at radius 2 is 1.72 bits per heavy atom. The summed E-state index contributed by atoms with van der Waals surface area (Å²) in [6.45, 7) is 3.15. The number of ether oxygens (including phenoxy) is 3. The number of aryl methyl sites for hydroxylation is 1. The molecule has 1 aromatic heterocycles. The lowest BCUT2D eigenvalue weighted by molar-refractivity contribution is 0.368. The highest BCUT2D eigenvalue weighted by molar-refractivity contribution is 7.11. The standard InChI is InChI=1S/C17H24N4O3S/c1-11-8-19-16(25-11)10-21-17(18-2)20-9-13-14(23-4)6-12(22-3)7-15(13)24-5/h6-8H,9-10H2,1-5H3,(H2,18,20,21). The molecule has 0 aliphatic carbocycles. The fraction of sp³-hybridized carbons (Fsp3) is 0.412. The van der Waals surface area contributed by atoms with Crippen molar-refractivity contribution < 1.29 is 14.2 Å². The second kappa shape index (κ2) is 9.12. The maximum atomic E-state index is 5.46. The van der Waals surface area contributed by atoms with E-state index in [1.807, 2.05) is 25.3 Å². The first-order valence-corrected chi connectivity index (χ1v) is 8.57. The fourth-order valence-electron chi connectivity index (χ4n) is 2.29. The van der Waals surface area contributed by atoms with E-state index in [0.29, 0.717) is 36.3 Å². The molecule has 0 unspecified atom stereocenters. The number of hydrogen-bond acceptors (Lipinski definition) is 6. The van der Waals surface area contributed by atoms with E-state index in [9.17, 15) is 0 Å². The van der Waals surface area contributed by atoms with Crippen molar-refractivity contribution in [3.05, 3.63) is 33.8 Å². The molecule has 8 heteroatoms. The van der Waals surface area contributed by atoms with Crippen molar-refractivity contribution in [2.24, 2.45) is 4.99 Å². The van der Waals surface area contributed by atoms with Gasteiger partial charge in [-0.25, -0.2) is 4.98 Å². The Morgan fingerprint density at radius 3 is 2.20 bits per heavy atom. The van der Waals surface area contributed by atoms with E-state index in [0.717, 1.165) is 10.6 Å². The predicted octanol–water partition coefficient (Wildman–Crippen LogP) is 2.34. The van der Waals surface area contributed by atoms with Gasteiger partial charge in [0, 0.05) is 30.3 Å². The van der Waals surface area contributed by atoms with Crippen LogP contribution in [-0.2, 0) is 13.1 Å². The van der Waals surface area contributed by atoms with Crippen LogP contribution in [0.25, 0.3) is 0 Å². The van der Waals surface area contributed by atoms with Gasteiger partial charge in [-0.1, -0.05) is 0 Å². The van der Waals surface area contributed by atoms with Crippen LogP contribution in [0.4, 0.5) is 0 Å². The number of rotatable bonds is 7. The minimum Gasteiger partial charge on any atom is -0.496 e. The van der Waals surface area contributed by atoms with Crippen molar-refractivity contribution in [1.29, 1.82) is 0 Å². The zero-order valence-electron chi connectivity index (χ0n) is 15.2. The molecule has 0 saturated heterocycles. The summed E-state index contributed by atoms with van der Waals surface area (Å²) in [6, 6.07) is 3.65. The van der Waals surface area contributed by atoms with Gasteiger partial charge in [0.25, 0.3) is 0 Å². The number of aliphatic imine (C=N–C) groups is 1. The lowest BCUT2D eigenvalue weighted by Crippen LogP contribution is -2.36. The number of guanidine groups is 1. The summed E-state index contributed by atoms with van der Waals surface area (Å²) in [4.78, 5) is 9.76. The van der Waals surface area contributed by atoms with Crippen LogP contribution in [0.2, 0.25) is 0 Å². The summed E-state index contributed by atoms with van der Waals surface area (Å²) in [5.41, 5.74) is 0.888. The monoisotopic (exact) mass is 364 g/mol. The third-order valence-corrected chi connectivity index (χ3v) is 4.46. The molecule has 0 saturated carbocycles.